The van der Waals surface area contributed by atoms with Gasteiger partial charge in [-0.25, -0.2) is 15.0 Å². The standard InChI is InChI=1S/C14H11N5O/c1-9-19-12-3-2-10(6-13(12)20-9)11-7-17-14(18-8-11)16-5-4-15/h2-3,6-8H,5H2,1H3,(H,16,17,18). The van der Waals surface area contributed by atoms with Gasteiger partial charge in [-0.15, -0.1) is 0 Å². The van der Waals surface area contributed by atoms with Crippen molar-refractivity contribution in [3.8, 4) is 17.2 Å². The molecule has 3 aromatic rings. The summed E-state index contributed by atoms with van der Waals surface area (Å²) in [5, 5.41) is 11.3. The normalized spacial score (nSPS) is 10.4. The molecule has 0 saturated heterocycles. The predicted octanol–water partition coefficient (Wildman–Crippen LogP) is 2.53. The highest BCUT2D eigenvalue weighted by molar-refractivity contribution is 5.79. The number of nitrogens with zero attached hydrogens (tertiary/aromatic N) is 4. The Morgan fingerprint density at radius 3 is 2.80 bits per heavy atom. The van der Waals surface area contributed by atoms with Crippen molar-refractivity contribution < 1.29 is 4.42 Å². The van der Waals surface area contributed by atoms with Crippen LogP contribution in [0.4, 0.5) is 5.95 Å². The van der Waals surface area contributed by atoms with Gasteiger partial charge < -0.3 is 9.73 Å². The highest BCUT2D eigenvalue weighted by atomic mass is 16.3. The number of aryl methyl sites for hydroxylation is 1. The monoisotopic (exact) mass is 265 g/mol. The Balaban J connectivity index is 1.92. The van der Waals surface area contributed by atoms with Crippen molar-refractivity contribution in [3.05, 3.63) is 36.5 Å². The van der Waals surface area contributed by atoms with Crippen molar-refractivity contribution in [3.63, 3.8) is 0 Å². The van der Waals surface area contributed by atoms with Crippen LogP contribution < -0.4 is 5.32 Å². The molecule has 2 aromatic heterocycles. The third-order valence-electron chi connectivity index (χ3n) is 2.81. The molecule has 2 heterocycles. The van der Waals surface area contributed by atoms with Crippen molar-refractivity contribution >= 4 is 17.0 Å². The van der Waals surface area contributed by atoms with E-state index in [1.807, 2.05) is 31.2 Å². The van der Waals surface area contributed by atoms with Crippen molar-refractivity contribution in [1.82, 2.24) is 15.0 Å². The third-order valence-corrected chi connectivity index (χ3v) is 2.81. The summed E-state index contributed by atoms with van der Waals surface area (Å²) in [7, 11) is 0. The Bertz CT molecular complexity index is 785. The van der Waals surface area contributed by atoms with Gasteiger partial charge in [-0.1, -0.05) is 6.07 Å². The van der Waals surface area contributed by atoms with Gasteiger partial charge in [0.15, 0.2) is 11.5 Å². The smallest absolute Gasteiger partial charge is 0.223 e. The van der Waals surface area contributed by atoms with Gasteiger partial charge in [0.2, 0.25) is 5.95 Å². The van der Waals surface area contributed by atoms with Crippen LogP contribution in [-0.2, 0) is 0 Å². The van der Waals surface area contributed by atoms with Crippen LogP contribution in [0.1, 0.15) is 5.89 Å². The molecule has 0 unspecified atom stereocenters. The van der Waals surface area contributed by atoms with Crippen LogP contribution >= 0.6 is 0 Å². The number of oxazole rings is 1. The molecule has 0 atom stereocenters. The lowest BCUT2D eigenvalue weighted by Gasteiger charge is -2.02. The zero-order valence-corrected chi connectivity index (χ0v) is 10.8. The Morgan fingerprint density at radius 1 is 1.25 bits per heavy atom. The minimum absolute atomic E-state index is 0.183. The summed E-state index contributed by atoms with van der Waals surface area (Å²) in [6.07, 6.45) is 3.41. The molecular formula is C14H11N5O. The van der Waals surface area contributed by atoms with Crippen molar-refractivity contribution in [2.45, 2.75) is 6.92 Å². The second-order valence-corrected chi connectivity index (χ2v) is 4.22. The summed E-state index contributed by atoms with van der Waals surface area (Å²) in [5.41, 5.74) is 3.41. The molecule has 6 heteroatoms. The predicted molar refractivity (Wildman–Crippen MR) is 73.9 cm³/mol. The van der Waals surface area contributed by atoms with Crippen LogP contribution in [0, 0.1) is 18.3 Å². The first-order valence-electron chi connectivity index (χ1n) is 6.07. The number of fused-ring (bicyclic) bond motifs is 1. The zero-order chi connectivity index (χ0) is 13.9. The van der Waals surface area contributed by atoms with Crippen LogP contribution in [0.2, 0.25) is 0 Å². The maximum Gasteiger partial charge on any atom is 0.223 e. The van der Waals surface area contributed by atoms with E-state index in [2.05, 4.69) is 20.3 Å². The highest BCUT2D eigenvalue weighted by Gasteiger charge is 2.05. The average Bonchev–Trinajstić information content (AvgIpc) is 2.84. The molecule has 3 rings (SSSR count). The van der Waals surface area contributed by atoms with Crippen LogP contribution in [-0.4, -0.2) is 21.5 Å². The number of rotatable bonds is 3. The van der Waals surface area contributed by atoms with Crippen molar-refractivity contribution in [2.75, 3.05) is 11.9 Å². The summed E-state index contributed by atoms with van der Waals surface area (Å²) < 4.78 is 5.51. The van der Waals surface area contributed by atoms with E-state index in [0.717, 1.165) is 22.2 Å². The molecular weight excluding hydrogens is 254 g/mol. The molecule has 0 fully saturated rings. The fourth-order valence-electron chi connectivity index (χ4n) is 1.91. The van der Waals surface area contributed by atoms with Crippen LogP contribution in [0.5, 0.6) is 0 Å². The molecule has 0 radical (unpaired) electrons. The maximum atomic E-state index is 8.48. The second kappa shape index (κ2) is 4.97. The van der Waals surface area contributed by atoms with Gasteiger partial charge in [-0.3, -0.25) is 0 Å². The van der Waals surface area contributed by atoms with E-state index in [1.54, 1.807) is 12.4 Å². The molecule has 0 amide bonds. The van der Waals surface area contributed by atoms with Crippen molar-refractivity contribution in [2.24, 2.45) is 0 Å². The van der Waals surface area contributed by atoms with E-state index in [1.165, 1.54) is 0 Å². The van der Waals surface area contributed by atoms with Gasteiger partial charge in [0.1, 0.15) is 12.1 Å². The summed E-state index contributed by atoms with van der Waals surface area (Å²) in [5.74, 6) is 1.08. The lowest BCUT2D eigenvalue weighted by molar-refractivity contribution is 0.561. The first-order chi connectivity index (χ1) is 9.76. The fourth-order valence-corrected chi connectivity index (χ4v) is 1.91. The SMILES string of the molecule is Cc1nc2ccc(-c3cnc(NCC#N)nc3)cc2o1. The van der Waals surface area contributed by atoms with Gasteiger partial charge in [0.25, 0.3) is 0 Å². The Labute approximate surface area is 115 Å². The molecule has 98 valence electrons. The molecule has 0 saturated carbocycles. The van der Waals surface area contributed by atoms with Crippen LogP contribution in [0.25, 0.3) is 22.2 Å². The molecule has 0 aliphatic carbocycles. The molecule has 1 N–H and O–H groups in total. The third kappa shape index (κ3) is 2.29. The number of benzene rings is 1. The number of nitrogens with one attached hydrogen (secondary N) is 1. The lowest BCUT2D eigenvalue weighted by Crippen LogP contribution is -2.02. The van der Waals surface area contributed by atoms with Gasteiger partial charge >= 0.3 is 0 Å². The van der Waals surface area contributed by atoms with E-state index in [-0.39, 0.29) is 6.54 Å². The summed E-state index contributed by atoms with van der Waals surface area (Å²) in [6.45, 7) is 2.00. The average molecular weight is 265 g/mol. The van der Waals surface area contributed by atoms with E-state index < -0.39 is 0 Å². The second-order valence-electron chi connectivity index (χ2n) is 4.22. The van der Waals surface area contributed by atoms with E-state index in [0.29, 0.717) is 11.8 Å². The lowest BCUT2D eigenvalue weighted by atomic mass is 10.1. The first-order valence-corrected chi connectivity index (χ1v) is 6.07. The molecule has 0 bridgehead atoms. The van der Waals surface area contributed by atoms with E-state index >= 15 is 0 Å². The van der Waals surface area contributed by atoms with Crippen LogP contribution in [0.3, 0.4) is 0 Å². The van der Waals surface area contributed by atoms with Gasteiger partial charge in [0.05, 0.1) is 6.07 Å². The Hall–Kier alpha value is -2.94. The molecule has 20 heavy (non-hydrogen) atoms. The van der Waals surface area contributed by atoms with E-state index in [9.17, 15) is 0 Å². The van der Waals surface area contributed by atoms with Gasteiger partial charge in [-0.2, -0.15) is 5.26 Å². The highest BCUT2D eigenvalue weighted by Crippen LogP contribution is 2.24. The quantitative estimate of drug-likeness (QED) is 0.732. The summed E-state index contributed by atoms with van der Waals surface area (Å²) in [4.78, 5) is 12.6. The molecule has 1 aromatic carbocycles. The number of aromatic nitrogens is 3. The fraction of sp³-hybridized carbons (Fsp3) is 0.143. The summed E-state index contributed by atoms with van der Waals surface area (Å²) in [6, 6.07) is 7.74. The molecule has 6 nitrogen and oxygen atoms in total. The number of hydrogen-bond donors (Lipinski definition) is 1. The molecule has 0 aliphatic heterocycles. The van der Waals surface area contributed by atoms with Crippen LogP contribution in [0.15, 0.2) is 35.0 Å². The zero-order valence-electron chi connectivity index (χ0n) is 10.8. The minimum atomic E-state index is 0.183. The van der Waals surface area contributed by atoms with Gasteiger partial charge in [-0.05, 0) is 17.7 Å². The number of anilines is 1. The van der Waals surface area contributed by atoms with Crippen molar-refractivity contribution in [1.29, 1.82) is 5.26 Å². The maximum absolute atomic E-state index is 8.48. The van der Waals surface area contributed by atoms with E-state index in [4.69, 9.17) is 9.68 Å². The molecule has 0 spiro atoms. The van der Waals surface area contributed by atoms with Gasteiger partial charge in [0, 0.05) is 24.9 Å². The summed E-state index contributed by atoms with van der Waals surface area (Å²) >= 11 is 0. The largest absolute Gasteiger partial charge is 0.441 e. The molecule has 0 aliphatic rings. The number of nitriles is 1. The first kappa shape index (κ1) is 12.1. The Kier molecular flexibility index (Phi) is 3.01. The number of hydrogen-bond acceptors (Lipinski definition) is 6. The Morgan fingerprint density at radius 2 is 2.05 bits per heavy atom. The minimum Gasteiger partial charge on any atom is -0.441 e. The topological polar surface area (TPSA) is 87.6 Å².